The highest BCUT2D eigenvalue weighted by molar-refractivity contribution is 7.89. The maximum absolute atomic E-state index is 12.8. The van der Waals surface area contributed by atoms with Crippen molar-refractivity contribution >= 4 is 27.5 Å². The minimum Gasteiger partial charge on any atom is -0.364 e. The standard InChI is InChI=1S/C18H26ClN3O4S/c1-14-11-20(12-15(2)26-14)13-18(23)21-7-9-22(10-8-21)27(24,25)17-6-4-3-5-16(17)19/h3-6,14-15H,7-13H2,1-2H3/p+1/t14-,15+. The van der Waals surface area contributed by atoms with Crippen molar-refractivity contribution in [2.75, 3.05) is 45.8 Å². The first-order valence-corrected chi connectivity index (χ1v) is 11.1. The molecule has 0 spiro atoms. The second-order valence-corrected chi connectivity index (χ2v) is 9.62. The maximum atomic E-state index is 12.8. The van der Waals surface area contributed by atoms with Crippen LogP contribution in [0.2, 0.25) is 5.02 Å². The van der Waals surface area contributed by atoms with Crippen LogP contribution >= 0.6 is 11.6 Å². The summed E-state index contributed by atoms with van der Waals surface area (Å²) in [7, 11) is -3.64. The van der Waals surface area contributed by atoms with E-state index < -0.39 is 10.0 Å². The summed E-state index contributed by atoms with van der Waals surface area (Å²) in [5.74, 6) is 0.0705. The Kier molecular flexibility index (Phi) is 6.43. The molecule has 3 rings (SSSR count). The van der Waals surface area contributed by atoms with Gasteiger partial charge in [0.15, 0.2) is 6.54 Å². The summed E-state index contributed by atoms with van der Waals surface area (Å²) in [5.41, 5.74) is 0. The Hall–Kier alpha value is -1.19. The van der Waals surface area contributed by atoms with Crippen LogP contribution in [0.15, 0.2) is 29.2 Å². The predicted molar refractivity (Wildman–Crippen MR) is 102 cm³/mol. The van der Waals surface area contributed by atoms with Crippen LogP contribution in [0, 0.1) is 0 Å². The number of quaternary nitrogens is 1. The van der Waals surface area contributed by atoms with Gasteiger partial charge in [-0.25, -0.2) is 8.42 Å². The highest BCUT2D eigenvalue weighted by atomic mass is 35.5. The first-order valence-electron chi connectivity index (χ1n) is 9.29. The zero-order chi connectivity index (χ0) is 19.6. The minimum absolute atomic E-state index is 0.0705. The van der Waals surface area contributed by atoms with Crippen LogP contribution in [0.1, 0.15) is 13.8 Å². The first kappa shape index (κ1) is 20.5. The summed E-state index contributed by atoms with van der Waals surface area (Å²) in [6.07, 6.45) is 0.295. The van der Waals surface area contributed by atoms with Gasteiger partial charge < -0.3 is 14.5 Å². The zero-order valence-corrected chi connectivity index (χ0v) is 17.3. The number of benzene rings is 1. The number of ether oxygens (including phenoxy) is 1. The van der Waals surface area contributed by atoms with Crippen LogP contribution in [0.3, 0.4) is 0 Å². The number of amides is 1. The van der Waals surface area contributed by atoms with Crippen molar-refractivity contribution < 1.29 is 22.8 Å². The molecular weight excluding hydrogens is 390 g/mol. The highest BCUT2D eigenvalue weighted by Crippen LogP contribution is 2.24. The predicted octanol–water partition coefficient (Wildman–Crippen LogP) is -0.135. The number of piperazine rings is 1. The van der Waals surface area contributed by atoms with Gasteiger partial charge in [0, 0.05) is 26.2 Å². The summed E-state index contributed by atoms with van der Waals surface area (Å²) in [5, 5.41) is 0.218. The lowest BCUT2D eigenvalue weighted by molar-refractivity contribution is -0.907. The van der Waals surface area contributed by atoms with Crippen molar-refractivity contribution in [3.63, 3.8) is 0 Å². The lowest BCUT2D eigenvalue weighted by atomic mass is 10.2. The van der Waals surface area contributed by atoms with E-state index in [2.05, 4.69) is 0 Å². The molecule has 2 saturated heterocycles. The molecule has 27 heavy (non-hydrogen) atoms. The van der Waals surface area contributed by atoms with Gasteiger partial charge in [0.2, 0.25) is 10.0 Å². The molecule has 0 radical (unpaired) electrons. The molecule has 0 bridgehead atoms. The van der Waals surface area contributed by atoms with Crippen LogP contribution < -0.4 is 4.90 Å². The molecule has 1 aromatic rings. The maximum Gasteiger partial charge on any atom is 0.277 e. The summed E-state index contributed by atoms with van der Waals surface area (Å²) in [6, 6.07) is 6.44. The Labute approximate surface area is 165 Å². The van der Waals surface area contributed by atoms with Crippen molar-refractivity contribution in [2.24, 2.45) is 0 Å². The number of halogens is 1. The normalized spacial score (nSPS) is 27.5. The molecule has 1 aromatic carbocycles. The molecule has 2 aliphatic heterocycles. The minimum atomic E-state index is -3.64. The van der Waals surface area contributed by atoms with Gasteiger partial charge in [-0.1, -0.05) is 23.7 Å². The quantitative estimate of drug-likeness (QED) is 0.742. The summed E-state index contributed by atoms with van der Waals surface area (Å²) in [4.78, 5) is 15.7. The van der Waals surface area contributed by atoms with E-state index in [9.17, 15) is 13.2 Å². The van der Waals surface area contributed by atoms with Crippen LogP contribution in [0.5, 0.6) is 0 Å². The Morgan fingerprint density at radius 3 is 2.33 bits per heavy atom. The van der Waals surface area contributed by atoms with Gasteiger partial charge in [0.1, 0.15) is 30.2 Å². The van der Waals surface area contributed by atoms with E-state index >= 15 is 0 Å². The SMILES string of the molecule is C[C@@H]1C[NH+](CC(=O)N2CCN(S(=O)(=O)c3ccccc3Cl)CC2)C[C@H](C)O1. The number of hydrogen-bond donors (Lipinski definition) is 1. The molecule has 2 aliphatic rings. The van der Waals surface area contributed by atoms with E-state index in [0.29, 0.717) is 19.6 Å². The first-order chi connectivity index (χ1) is 12.8. The third kappa shape index (κ3) is 4.81. The number of sulfonamides is 1. The van der Waals surface area contributed by atoms with E-state index in [-0.39, 0.29) is 41.1 Å². The van der Waals surface area contributed by atoms with Crippen molar-refractivity contribution in [1.82, 2.24) is 9.21 Å². The number of carbonyl (C=O) groups is 1. The number of morpholine rings is 1. The Balaban J connectivity index is 1.57. The molecule has 2 fully saturated rings. The number of carbonyl (C=O) groups excluding carboxylic acids is 1. The topological polar surface area (TPSA) is 71.4 Å². The number of rotatable bonds is 4. The smallest absolute Gasteiger partial charge is 0.277 e. The molecule has 7 nitrogen and oxygen atoms in total. The van der Waals surface area contributed by atoms with Crippen molar-refractivity contribution in [2.45, 2.75) is 31.0 Å². The van der Waals surface area contributed by atoms with E-state index in [1.807, 2.05) is 13.8 Å². The molecular formula is C18H27ClN3O4S+. The van der Waals surface area contributed by atoms with Crippen LogP contribution in [-0.2, 0) is 19.6 Å². The number of nitrogens with zero attached hydrogens (tertiary/aromatic N) is 2. The van der Waals surface area contributed by atoms with Crippen LogP contribution in [0.4, 0.5) is 0 Å². The fourth-order valence-electron chi connectivity index (χ4n) is 3.83. The second-order valence-electron chi connectivity index (χ2n) is 7.31. The van der Waals surface area contributed by atoms with Gasteiger partial charge in [-0.2, -0.15) is 4.31 Å². The van der Waals surface area contributed by atoms with E-state index in [0.717, 1.165) is 13.1 Å². The largest absolute Gasteiger partial charge is 0.364 e. The lowest BCUT2D eigenvalue weighted by Crippen LogP contribution is -3.16. The van der Waals surface area contributed by atoms with E-state index in [1.165, 1.54) is 15.3 Å². The summed E-state index contributed by atoms with van der Waals surface area (Å²) < 4.78 is 32.7. The molecule has 0 aliphatic carbocycles. The monoisotopic (exact) mass is 416 g/mol. The van der Waals surface area contributed by atoms with E-state index in [4.69, 9.17) is 16.3 Å². The summed E-state index contributed by atoms with van der Waals surface area (Å²) >= 11 is 6.06. The molecule has 1 amide bonds. The highest BCUT2D eigenvalue weighted by Gasteiger charge is 2.33. The molecule has 2 heterocycles. The fourth-order valence-corrected chi connectivity index (χ4v) is 5.75. The third-order valence-electron chi connectivity index (χ3n) is 5.06. The van der Waals surface area contributed by atoms with E-state index in [1.54, 1.807) is 23.1 Å². The lowest BCUT2D eigenvalue weighted by Gasteiger charge is -2.36. The second kappa shape index (κ2) is 8.45. The Morgan fingerprint density at radius 1 is 1.15 bits per heavy atom. The number of hydrogen-bond acceptors (Lipinski definition) is 4. The Bertz CT molecular complexity index is 771. The van der Waals surface area contributed by atoms with Gasteiger partial charge >= 0.3 is 0 Å². The van der Waals surface area contributed by atoms with Crippen molar-refractivity contribution in [1.29, 1.82) is 0 Å². The summed E-state index contributed by atoms with van der Waals surface area (Å²) in [6.45, 7) is 7.48. The van der Waals surface area contributed by atoms with Gasteiger partial charge in [0.05, 0.1) is 5.02 Å². The molecule has 3 atom stereocenters. The van der Waals surface area contributed by atoms with Crippen LogP contribution in [0.25, 0.3) is 0 Å². The van der Waals surface area contributed by atoms with Gasteiger partial charge in [-0.3, -0.25) is 4.79 Å². The average molecular weight is 417 g/mol. The fraction of sp³-hybridized carbons (Fsp3) is 0.611. The van der Waals surface area contributed by atoms with Gasteiger partial charge in [0.25, 0.3) is 5.91 Å². The van der Waals surface area contributed by atoms with Crippen LogP contribution in [-0.4, -0.2) is 81.6 Å². The molecule has 150 valence electrons. The molecule has 0 saturated carbocycles. The average Bonchev–Trinajstić information content (AvgIpc) is 2.61. The van der Waals surface area contributed by atoms with Crippen molar-refractivity contribution in [3.05, 3.63) is 29.3 Å². The molecule has 9 heteroatoms. The van der Waals surface area contributed by atoms with Gasteiger partial charge in [-0.15, -0.1) is 0 Å². The number of nitrogens with one attached hydrogen (secondary N) is 1. The Morgan fingerprint density at radius 2 is 1.74 bits per heavy atom. The van der Waals surface area contributed by atoms with Gasteiger partial charge in [-0.05, 0) is 26.0 Å². The molecule has 1 N–H and O–H groups in total. The van der Waals surface area contributed by atoms with Crippen molar-refractivity contribution in [3.8, 4) is 0 Å². The molecule has 0 aromatic heterocycles. The molecule has 1 unspecified atom stereocenters. The zero-order valence-electron chi connectivity index (χ0n) is 15.7. The third-order valence-corrected chi connectivity index (χ3v) is 7.46.